The minimum atomic E-state index is -4.29. The maximum atomic E-state index is 13.0. The summed E-state index contributed by atoms with van der Waals surface area (Å²) < 4.78 is 41.6. The summed E-state index contributed by atoms with van der Waals surface area (Å²) in [5.41, 5.74) is 2.21. The van der Waals surface area contributed by atoms with Crippen molar-refractivity contribution in [1.29, 1.82) is 0 Å². The molecule has 0 spiro atoms. The van der Waals surface area contributed by atoms with Gasteiger partial charge in [0.2, 0.25) is 0 Å². The molecular formula is C24H33Cl2F3N2SiTi-2. The first-order valence-electron chi connectivity index (χ1n) is 11.0. The van der Waals surface area contributed by atoms with Crippen LogP contribution in [-0.4, -0.2) is 39.0 Å². The van der Waals surface area contributed by atoms with Crippen molar-refractivity contribution < 1.29 is 30.2 Å². The van der Waals surface area contributed by atoms with Gasteiger partial charge in [-0.1, -0.05) is 50.4 Å². The Morgan fingerprint density at radius 2 is 1.67 bits per heavy atom. The van der Waals surface area contributed by atoms with Crippen LogP contribution in [0.2, 0.25) is 18.6 Å². The fraction of sp³-hybridized carbons (Fsp3) is 0.542. The molecular weight excluding hydrogens is 520 g/mol. The van der Waals surface area contributed by atoms with Gasteiger partial charge in [0.05, 0.1) is 5.56 Å². The van der Waals surface area contributed by atoms with E-state index >= 15 is 0 Å². The van der Waals surface area contributed by atoms with Crippen LogP contribution in [0, 0.1) is 25.2 Å². The number of halogens is 5. The zero-order chi connectivity index (χ0) is 23.5. The summed E-state index contributed by atoms with van der Waals surface area (Å²) in [6.45, 7) is 11.4. The molecule has 3 aliphatic rings. The van der Waals surface area contributed by atoms with Gasteiger partial charge in [-0.15, -0.1) is 13.1 Å². The second-order valence-electron chi connectivity index (χ2n) is 9.39. The first-order valence-corrected chi connectivity index (χ1v) is 18.3. The van der Waals surface area contributed by atoms with E-state index in [0.29, 0.717) is 23.3 Å². The molecule has 1 aliphatic heterocycles. The third kappa shape index (κ3) is 6.58. The van der Waals surface area contributed by atoms with Gasteiger partial charge in [-0.05, 0) is 66.1 Å². The summed E-state index contributed by atoms with van der Waals surface area (Å²) in [6.07, 6.45) is 3.45. The molecule has 0 aromatic heterocycles. The van der Waals surface area contributed by atoms with E-state index in [4.69, 9.17) is 18.6 Å². The van der Waals surface area contributed by atoms with Crippen molar-refractivity contribution in [3.8, 4) is 0 Å². The molecule has 0 N–H and O–H groups in total. The quantitative estimate of drug-likeness (QED) is 0.274. The van der Waals surface area contributed by atoms with E-state index in [1.807, 2.05) is 0 Å². The maximum absolute atomic E-state index is 13.0. The van der Waals surface area contributed by atoms with E-state index in [1.54, 1.807) is 12.1 Å². The summed E-state index contributed by atoms with van der Waals surface area (Å²) >= 11 is -0.556. The number of rotatable bonds is 3. The van der Waals surface area contributed by atoms with Crippen LogP contribution in [0.1, 0.15) is 24.5 Å². The van der Waals surface area contributed by atoms with Crippen LogP contribution < -0.4 is 0 Å². The number of hydrogen-bond donors (Lipinski definition) is 0. The van der Waals surface area contributed by atoms with Crippen molar-refractivity contribution in [2.45, 2.75) is 38.2 Å². The van der Waals surface area contributed by atoms with Gasteiger partial charge in [0.15, 0.2) is 0 Å². The summed E-state index contributed by atoms with van der Waals surface area (Å²) in [7, 11) is 8.12. The van der Waals surface area contributed by atoms with Crippen LogP contribution in [-0.2, 0) is 23.2 Å². The van der Waals surface area contributed by atoms with Gasteiger partial charge in [0.1, 0.15) is 8.24 Å². The van der Waals surface area contributed by atoms with Gasteiger partial charge in [-0.2, -0.15) is 13.2 Å². The fourth-order valence-corrected chi connectivity index (χ4v) is 10.6. The summed E-state index contributed by atoms with van der Waals surface area (Å²) in [5.74, 6) is 1.50. The minimum absolute atomic E-state index is 0. The van der Waals surface area contributed by atoms with E-state index in [-0.39, 0.29) is 7.43 Å². The van der Waals surface area contributed by atoms with Crippen molar-refractivity contribution in [2.75, 3.05) is 26.2 Å². The van der Waals surface area contributed by atoms with Crippen LogP contribution in [0.5, 0.6) is 0 Å². The van der Waals surface area contributed by atoms with Crippen LogP contribution >= 0.6 is 18.6 Å². The Kier molecular flexibility index (Phi) is 10.8. The molecule has 2 fully saturated rings. The first-order chi connectivity index (χ1) is 15.1. The summed E-state index contributed by atoms with van der Waals surface area (Å²) in [5, 5.41) is 4.52. The van der Waals surface area contributed by atoms with E-state index in [9.17, 15) is 13.2 Å². The Morgan fingerprint density at radius 3 is 2.21 bits per heavy atom. The zero-order valence-corrected chi connectivity index (χ0v) is 23.7. The molecule has 9 heteroatoms. The predicted octanol–water partition coefficient (Wildman–Crippen LogP) is 8.02. The molecule has 4 atom stereocenters. The summed E-state index contributed by atoms with van der Waals surface area (Å²) in [6, 6.07) is 5.74. The van der Waals surface area contributed by atoms with Gasteiger partial charge in [-0.3, -0.25) is 0 Å². The van der Waals surface area contributed by atoms with Gasteiger partial charge < -0.3 is 17.3 Å². The molecule has 0 radical (unpaired) electrons. The monoisotopic (exact) mass is 552 g/mol. The van der Waals surface area contributed by atoms with Crippen LogP contribution in [0.15, 0.2) is 42.5 Å². The van der Waals surface area contributed by atoms with Gasteiger partial charge in [0.25, 0.3) is 0 Å². The topological polar surface area (TPSA) is 17.3 Å². The molecule has 33 heavy (non-hydrogen) atoms. The zero-order valence-electron chi connectivity index (χ0n) is 19.7. The standard InChI is InChI=1S/C23H30F3N2Si.CH3.2ClH.Ti/c1-16-15-21-19(17-7-9-18(10-8-17)23(24,25)26)5-4-6-20(21)22(16)29(2,3)28-13-11-27-12-14-28;;;;/h4-10,16,20-22H,11-15H2,1-3H3;1H3;2*1H;/q2*-1;;;+2/p-2. The first kappa shape index (κ1) is 29.2. The number of benzene rings is 1. The molecule has 2 aliphatic carbocycles. The van der Waals surface area contributed by atoms with Gasteiger partial charge in [-0.25, -0.2) is 0 Å². The van der Waals surface area contributed by atoms with Gasteiger partial charge >= 0.3 is 41.8 Å². The van der Waals surface area contributed by atoms with E-state index in [2.05, 4.69) is 48.1 Å². The third-order valence-corrected chi connectivity index (χ3v) is 12.0. The Labute approximate surface area is 214 Å². The normalized spacial score (nSPS) is 27.6. The van der Waals surface area contributed by atoms with Gasteiger partial charge in [0, 0.05) is 0 Å². The number of allylic oxidation sites excluding steroid dienone is 4. The van der Waals surface area contributed by atoms with Crippen molar-refractivity contribution in [2.24, 2.45) is 17.8 Å². The summed E-state index contributed by atoms with van der Waals surface area (Å²) in [4.78, 5) is 0. The Bertz CT molecular complexity index is 824. The molecule has 0 amide bonds. The molecule has 1 aromatic carbocycles. The number of piperazine rings is 1. The Hall–Kier alpha value is -0.0788. The molecule has 2 nitrogen and oxygen atoms in total. The van der Waals surface area contributed by atoms with E-state index in [0.717, 1.165) is 38.2 Å². The third-order valence-electron chi connectivity index (χ3n) is 7.36. The van der Waals surface area contributed by atoms with Crippen LogP contribution in [0.25, 0.3) is 10.9 Å². The Morgan fingerprint density at radius 1 is 1.09 bits per heavy atom. The second kappa shape index (κ2) is 12.2. The van der Waals surface area contributed by atoms with Crippen molar-refractivity contribution in [3.63, 3.8) is 0 Å². The fourth-order valence-electron chi connectivity index (χ4n) is 6.06. The van der Waals surface area contributed by atoms with Crippen molar-refractivity contribution >= 4 is 32.4 Å². The van der Waals surface area contributed by atoms with Crippen molar-refractivity contribution in [1.82, 2.24) is 4.57 Å². The molecule has 0 bridgehead atoms. The van der Waals surface area contributed by atoms with Crippen LogP contribution in [0.3, 0.4) is 0 Å². The van der Waals surface area contributed by atoms with Crippen LogP contribution in [0.4, 0.5) is 13.2 Å². The molecule has 1 saturated heterocycles. The molecule has 1 heterocycles. The molecule has 1 aromatic rings. The number of alkyl halides is 3. The SMILES string of the molecule is CC1CC2C(c3ccc(C(F)(F)F)cc3)=CC=CC2C1[Si](C)(C)N1CC[N-]CC1.[CH3-].[Cl][Ti][Cl]. The second-order valence-corrected chi connectivity index (χ2v) is 16.6. The van der Waals surface area contributed by atoms with E-state index in [1.165, 1.54) is 17.7 Å². The number of hydrogen-bond acceptors (Lipinski definition) is 1. The average molecular weight is 553 g/mol. The molecule has 4 unspecified atom stereocenters. The molecule has 4 rings (SSSR count). The number of nitrogens with zero attached hydrogens (tertiary/aromatic N) is 2. The van der Waals surface area contributed by atoms with E-state index < -0.39 is 37.0 Å². The Balaban J connectivity index is 0.000000914. The average Bonchev–Trinajstić information content (AvgIpc) is 3.11. The van der Waals surface area contributed by atoms with Crippen molar-refractivity contribution in [3.05, 3.63) is 66.4 Å². The number of fused-ring (bicyclic) bond motifs is 1. The predicted molar refractivity (Wildman–Crippen MR) is 133 cm³/mol. The molecule has 184 valence electrons. The molecule has 1 saturated carbocycles.